The molecule has 1 amide bonds. The fourth-order valence-electron chi connectivity index (χ4n) is 3.07. The lowest BCUT2D eigenvalue weighted by Gasteiger charge is -2.26. The van der Waals surface area contributed by atoms with Gasteiger partial charge in [-0.2, -0.15) is 0 Å². The molecule has 0 saturated carbocycles. The number of hydrogen-bond acceptors (Lipinski definition) is 5. The van der Waals surface area contributed by atoms with Gasteiger partial charge in [0.25, 0.3) is 0 Å². The van der Waals surface area contributed by atoms with E-state index in [1.807, 2.05) is 12.1 Å². The molecule has 0 N–H and O–H groups in total. The maximum absolute atomic E-state index is 13.4. The van der Waals surface area contributed by atoms with E-state index in [4.69, 9.17) is 9.47 Å². The molecule has 3 aromatic rings. The first-order chi connectivity index (χ1) is 14.1. The first-order valence-electron chi connectivity index (χ1n) is 8.99. The van der Waals surface area contributed by atoms with E-state index >= 15 is 0 Å². The molecule has 0 spiro atoms. The molecule has 29 heavy (non-hydrogen) atoms. The van der Waals surface area contributed by atoms with Crippen molar-refractivity contribution < 1.29 is 18.7 Å². The van der Waals surface area contributed by atoms with E-state index in [0.29, 0.717) is 22.9 Å². The summed E-state index contributed by atoms with van der Waals surface area (Å²) in [6, 6.07) is 12.6. The minimum absolute atomic E-state index is 0.195. The summed E-state index contributed by atoms with van der Waals surface area (Å²) in [6.45, 7) is 0.195. The van der Waals surface area contributed by atoms with Gasteiger partial charge in [0.2, 0.25) is 12.7 Å². The van der Waals surface area contributed by atoms with Gasteiger partial charge in [-0.1, -0.05) is 18.2 Å². The number of ether oxygens (including phenoxy) is 2. The van der Waals surface area contributed by atoms with Crippen LogP contribution in [-0.2, 0) is 4.79 Å². The fraction of sp³-hybridized carbons (Fsp3) is 0.136. The molecular weight excluding hydrogens is 373 g/mol. The van der Waals surface area contributed by atoms with Crippen molar-refractivity contribution in [2.75, 3.05) is 13.8 Å². The van der Waals surface area contributed by atoms with Crippen LogP contribution in [0.25, 0.3) is 6.08 Å². The molecule has 7 heteroatoms. The van der Waals surface area contributed by atoms with Crippen LogP contribution in [0.1, 0.15) is 23.0 Å². The fourth-order valence-corrected chi connectivity index (χ4v) is 3.07. The first-order valence-corrected chi connectivity index (χ1v) is 8.99. The van der Waals surface area contributed by atoms with Crippen molar-refractivity contribution >= 4 is 12.0 Å². The number of nitrogens with zero attached hydrogens (tertiary/aromatic N) is 3. The second-order valence-corrected chi connectivity index (χ2v) is 6.46. The van der Waals surface area contributed by atoms with Crippen LogP contribution in [0.3, 0.4) is 0 Å². The second-order valence-electron chi connectivity index (χ2n) is 6.46. The van der Waals surface area contributed by atoms with E-state index in [9.17, 15) is 9.18 Å². The van der Waals surface area contributed by atoms with Crippen molar-refractivity contribution in [2.24, 2.45) is 0 Å². The highest BCUT2D eigenvalue weighted by Gasteiger charge is 2.24. The third-order valence-corrected chi connectivity index (χ3v) is 4.57. The zero-order valence-corrected chi connectivity index (χ0v) is 15.7. The Morgan fingerprint density at radius 1 is 1.10 bits per heavy atom. The van der Waals surface area contributed by atoms with E-state index in [1.54, 1.807) is 49.8 Å². The summed E-state index contributed by atoms with van der Waals surface area (Å²) < 4.78 is 24.0. The summed E-state index contributed by atoms with van der Waals surface area (Å²) in [4.78, 5) is 22.9. The third-order valence-electron chi connectivity index (χ3n) is 4.57. The summed E-state index contributed by atoms with van der Waals surface area (Å²) >= 11 is 0. The molecule has 146 valence electrons. The van der Waals surface area contributed by atoms with Gasteiger partial charge in [-0.05, 0) is 47.5 Å². The maximum Gasteiger partial charge on any atom is 0.247 e. The summed E-state index contributed by atoms with van der Waals surface area (Å²) in [5.74, 6) is 1.19. The highest BCUT2D eigenvalue weighted by Crippen LogP contribution is 2.33. The van der Waals surface area contributed by atoms with Crippen LogP contribution < -0.4 is 9.47 Å². The number of aromatic nitrogens is 2. The molecule has 4 rings (SSSR count). The maximum atomic E-state index is 13.4. The van der Waals surface area contributed by atoms with Gasteiger partial charge in [0, 0.05) is 25.5 Å². The minimum Gasteiger partial charge on any atom is -0.454 e. The number of amides is 1. The van der Waals surface area contributed by atoms with E-state index in [2.05, 4.69) is 9.97 Å². The van der Waals surface area contributed by atoms with Crippen LogP contribution in [0, 0.1) is 5.82 Å². The van der Waals surface area contributed by atoms with Gasteiger partial charge in [-0.15, -0.1) is 0 Å². The van der Waals surface area contributed by atoms with Gasteiger partial charge in [-0.3, -0.25) is 4.79 Å². The SMILES string of the molecule is CN(C(=O)/C=C/c1ccc2c(c1)OCO2)C(c1ccc(F)cc1)c1ncccn1. The molecule has 1 unspecified atom stereocenters. The Balaban J connectivity index is 1.59. The standard InChI is InChI=1S/C22H18FN3O3/c1-26(20(27)10-4-15-3-9-18-19(13-15)29-14-28-18)21(22-24-11-2-12-25-22)16-5-7-17(23)8-6-16/h2-13,21H,14H2,1H3/b10-4+. The van der Waals surface area contributed by atoms with Crippen LogP contribution in [0.15, 0.2) is 67.0 Å². The molecule has 2 heterocycles. The number of rotatable bonds is 5. The van der Waals surface area contributed by atoms with Gasteiger partial charge in [0.1, 0.15) is 11.9 Å². The second kappa shape index (κ2) is 8.10. The van der Waals surface area contributed by atoms with Crippen molar-refractivity contribution in [3.63, 3.8) is 0 Å². The highest BCUT2D eigenvalue weighted by molar-refractivity contribution is 5.92. The van der Waals surface area contributed by atoms with E-state index in [-0.39, 0.29) is 18.5 Å². The average molecular weight is 391 g/mol. The number of likely N-dealkylation sites (N-methyl/N-ethyl adjacent to an activating group) is 1. The van der Waals surface area contributed by atoms with Gasteiger partial charge >= 0.3 is 0 Å². The lowest BCUT2D eigenvalue weighted by atomic mass is 10.0. The Hall–Kier alpha value is -3.74. The molecule has 1 aromatic heterocycles. The molecule has 0 radical (unpaired) electrons. The van der Waals surface area contributed by atoms with Crippen molar-refractivity contribution in [3.8, 4) is 11.5 Å². The Kier molecular flexibility index (Phi) is 5.20. The minimum atomic E-state index is -0.550. The van der Waals surface area contributed by atoms with Crippen molar-refractivity contribution in [3.05, 3.63) is 89.8 Å². The molecule has 1 aliphatic rings. The average Bonchev–Trinajstić information content (AvgIpc) is 3.22. The van der Waals surface area contributed by atoms with Crippen LogP contribution in [0.4, 0.5) is 4.39 Å². The molecule has 2 aromatic carbocycles. The van der Waals surface area contributed by atoms with Crippen molar-refractivity contribution in [1.29, 1.82) is 0 Å². The van der Waals surface area contributed by atoms with E-state index in [1.165, 1.54) is 23.1 Å². The zero-order chi connectivity index (χ0) is 20.2. The van der Waals surface area contributed by atoms with Crippen molar-refractivity contribution in [2.45, 2.75) is 6.04 Å². The molecule has 1 atom stereocenters. The normalized spacial score (nSPS) is 13.4. The van der Waals surface area contributed by atoms with Crippen LogP contribution in [0.2, 0.25) is 0 Å². The monoisotopic (exact) mass is 391 g/mol. The summed E-state index contributed by atoms with van der Waals surface area (Å²) in [5.41, 5.74) is 1.52. The molecule has 0 aliphatic carbocycles. The molecule has 0 saturated heterocycles. The molecule has 6 nitrogen and oxygen atoms in total. The predicted molar refractivity (Wildman–Crippen MR) is 105 cm³/mol. The van der Waals surface area contributed by atoms with Crippen molar-refractivity contribution in [1.82, 2.24) is 14.9 Å². The highest BCUT2D eigenvalue weighted by atomic mass is 19.1. The quantitative estimate of drug-likeness (QED) is 0.622. The van der Waals surface area contributed by atoms with Gasteiger partial charge < -0.3 is 14.4 Å². The van der Waals surface area contributed by atoms with Crippen LogP contribution >= 0.6 is 0 Å². The lowest BCUT2D eigenvalue weighted by Crippen LogP contribution is -2.31. The molecular formula is C22H18FN3O3. The summed E-state index contributed by atoms with van der Waals surface area (Å²) in [7, 11) is 1.66. The topological polar surface area (TPSA) is 64.6 Å². The number of benzene rings is 2. The predicted octanol–water partition coefficient (Wildman–Crippen LogP) is 3.61. The Morgan fingerprint density at radius 3 is 2.59 bits per heavy atom. The van der Waals surface area contributed by atoms with Crippen LogP contribution in [0.5, 0.6) is 11.5 Å². The molecule has 0 fully saturated rings. The van der Waals surface area contributed by atoms with Gasteiger partial charge in [0.05, 0.1) is 0 Å². The number of fused-ring (bicyclic) bond motifs is 1. The Bertz CT molecular complexity index is 1040. The summed E-state index contributed by atoms with van der Waals surface area (Å²) in [5, 5.41) is 0. The smallest absolute Gasteiger partial charge is 0.247 e. The zero-order valence-electron chi connectivity index (χ0n) is 15.7. The largest absolute Gasteiger partial charge is 0.454 e. The number of hydrogen-bond donors (Lipinski definition) is 0. The lowest BCUT2D eigenvalue weighted by molar-refractivity contribution is -0.126. The van der Waals surface area contributed by atoms with Gasteiger partial charge in [-0.25, -0.2) is 14.4 Å². The number of halogens is 1. The summed E-state index contributed by atoms with van der Waals surface area (Å²) in [6.07, 6.45) is 6.39. The first kappa shape index (κ1) is 18.6. The number of carbonyl (C=O) groups is 1. The number of carbonyl (C=O) groups excluding carboxylic acids is 1. The van der Waals surface area contributed by atoms with Crippen LogP contribution in [-0.4, -0.2) is 34.6 Å². The third kappa shape index (κ3) is 4.08. The molecule has 1 aliphatic heterocycles. The Labute approximate surface area is 167 Å². The van der Waals surface area contributed by atoms with Gasteiger partial charge in [0.15, 0.2) is 17.3 Å². The van der Waals surface area contributed by atoms with E-state index < -0.39 is 6.04 Å². The van der Waals surface area contributed by atoms with E-state index in [0.717, 1.165) is 5.56 Å². The Morgan fingerprint density at radius 2 is 1.83 bits per heavy atom. The molecule has 0 bridgehead atoms.